The second-order valence-electron chi connectivity index (χ2n) is 4.21. The minimum Gasteiger partial charge on any atom is -0.265 e. The van der Waals surface area contributed by atoms with E-state index in [0.29, 0.717) is 17.8 Å². The molecule has 1 atom stereocenters. The van der Waals surface area contributed by atoms with Crippen molar-refractivity contribution in [2.24, 2.45) is 22.7 Å². The topological polar surface area (TPSA) is 12.4 Å². The second kappa shape index (κ2) is 3.42. The molecule has 1 aliphatic rings. The summed E-state index contributed by atoms with van der Waals surface area (Å²) in [4.78, 5) is 4.47. The summed E-state index contributed by atoms with van der Waals surface area (Å²) in [5.41, 5.74) is 2.83. The van der Waals surface area contributed by atoms with Crippen molar-refractivity contribution in [1.82, 2.24) is 0 Å². The molecule has 1 nitrogen and oxygen atoms in total. The first-order valence-corrected chi connectivity index (χ1v) is 4.81. The van der Waals surface area contributed by atoms with Crippen molar-refractivity contribution in [3.05, 3.63) is 11.8 Å². The predicted octanol–water partition coefficient (Wildman–Crippen LogP) is 3.27. The molecule has 1 heteroatoms. The molecule has 0 spiro atoms. The molecule has 1 aliphatic heterocycles. The van der Waals surface area contributed by atoms with E-state index in [0.717, 1.165) is 0 Å². The maximum Gasteiger partial charge on any atom is 0.0273 e. The van der Waals surface area contributed by atoms with Gasteiger partial charge in [-0.15, -0.1) is 0 Å². The van der Waals surface area contributed by atoms with Crippen molar-refractivity contribution in [2.45, 2.75) is 34.6 Å². The van der Waals surface area contributed by atoms with Crippen LogP contribution < -0.4 is 0 Å². The molecule has 0 aromatic rings. The van der Waals surface area contributed by atoms with Gasteiger partial charge in [0.15, 0.2) is 0 Å². The zero-order chi connectivity index (χ0) is 9.30. The van der Waals surface area contributed by atoms with E-state index in [4.69, 9.17) is 0 Å². The highest BCUT2D eigenvalue weighted by Crippen LogP contribution is 2.28. The van der Waals surface area contributed by atoms with Gasteiger partial charge in [-0.3, -0.25) is 4.99 Å². The number of rotatable bonds is 2. The lowest BCUT2D eigenvalue weighted by atomic mass is 9.86. The molecule has 68 valence electrons. The SMILES string of the molecule is CC(C)C1=CN=C(C(C)C)C1C. The van der Waals surface area contributed by atoms with Crippen LogP contribution in [0.5, 0.6) is 0 Å². The average Bonchev–Trinajstić information content (AvgIpc) is 2.30. The number of aliphatic imine (C=N–C) groups is 1. The molecule has 0 radical (unpaired) electrons. The molecule has 0 aromatic heterocycles. The van der Waals surface area contributed by atoms with E-state index in [-0.39, 0.29) is 0 Å². The van der Waals surface area contributed by atoms with E-state index in [9.17, 15) is 0 Å². The van der Waals surface area contributed by atoms with Gasteiger partial charge in [-0.2, -0.15) is 0 Å². The van der Waals surface area contributed by atoms with Crippen LogP contribution in [0.4, 0.5) is 0 Å². The fraction of sp³-hybridized carbons (Fsp3) is 0.727. The van der Waals surface area contributed by atoms with Crippen LogP contribution in [0.15, 0.2) is 16.8 Å². The molecule has 1 heterocycles. The minimum absolute atomic E-state index is 0.574. The van der Waals surface area contributed by atoms with Crippen LogP contribution in [0.2, 0.25) is 0 Å². The standard InChI is InChI=1S/C11H19N/c1-7(2)10-6-12-11(8(3)4)9(10)5/h6-9H,1-5H3. The van der Waals surface area contributed by atoms with Crippen LogP contribution in [0.1, 0.15) is 34.6 Å². The van der Waals surface area contributed by atoms with Crippen molar-refractivity contribution in [2.75, 3.05) is 0 Å². The monoisotopic (exact) mass is 165 g/mol. The Kier molecular flexibility index (Phi) is 2.71. The summed E-state index contributed by atoms with van der Waals surface area (Å²) in [6.45, 7) is 11.2. The molecular formula is C11H19N. The summed E-state index contributed by atoms with van der Waals surface area (Å²) in [6, 6.07) is 0. The zero-order valence-corrected chi connectivity index (χ0v) is 8.76. The van der Waals surface area contributed by atoms with E-state index < -0.39 is 0 Å². The Morgan fingerprint density at radius 3 is 2.00 bits per heavy atom. The summed E-state index contributed by atoms with van der Waals surface area (Å²) in [5.74, 6) is 1.80. The van der Waals surface area contributed by atoms with E-state index in [1.807, 2.05) is 0 Å². The Bertz CT molecular complexity index is 197. The lowest BCUT2D eigenvalue weighted by molar-refractivity contribution is 0.674. The van der Waals surface area contributed by atoms with Gasteiger partial charge in [0, 0.05) is 17.8 Å². The van der Waals surface area contributed by atoms with Gasteiger partial charge in [-0.1, -0.05) is 34.6 Å². The molecule has 0 saturated heterocycles. The second-order valence-corrected chi connectivity index (χ2v) is 4.21. The fourth-order valence-corrected chi connectivity index (χ4v) is 1.84. The van der Waals surface area contributed by atoms with Gasteiger partial charge in [0.2, 0.25) is 0 Å². The molecule has 1 unspecified atom stereocenters. The van der Waals surface area contributed by atoms with Crippen molar-refractivity contribution in [3.63, 3.8) is 0 Å². The van der Waals surface area contributed by atoms with E-state index in [1.165, 1.54) is 11.3 Å². The zero-order valence-electron chi connectivity index (χ0n) is 8.76. The predicted molar refractivity (Wildman–Crippen MR) is 54.4 cm³/mol. The Labute approximate surface area is 75.6 Å². The van der Waals surface area contributed by atoms with Crippen molar-refractivity contribution in [1.29, 1.82) is 0 Å². The third-order valence-electron chi connectivity index (χ3n) is 2.56. The molecule has 0 fully saturated rings. The lowest BCUT2D eigenvalue weighted by Gasteiger charge is -2.17. The molecule has 0 aliphatic carbocycles. The molecule has 1 rings (SSSR count). The minimum atomic E-state index is 0.574. The summed E-state index contributed by atoms with van der Waals surface area (Å²) in [5, 5.41) is 0. The van der Waals surface area contributed by atoms with E-state index in [1.54, 1.807) is 0 Å². The average molecular weight is 165 g/mol. The number of hydrogen-bond acceptors (Lipinski definition) is 1. The van der Waals surface area contributed by atoms with Crippen LogP contribution in [-0.2, 0) is 0 Å². The molecule has 12 heavy (non-hydrogen) atoms. The fourth-order valence-electron chi connectivity index (χ4n) is 1.84. The van der Waals surface area contributed by atoms with Gasteiger partial charge in [-0.25, -0.2) is 0 Å². The number of nitrogens with zero attached hydrogens (tertiary/aromatic N) is 1. The summed E-state index contributed by atoms with van der Waals surface area (Å²) in [6.07, 6.45) is 2.06. The normalized spacial score (nSPS) is 23.4. The van der Waals surface area contributed by atoms with Crippen LogP contribution in [0.3, 0.4) is 0 Å². The molecule has 0 aromatic carbocycles. The van der Waals surface area contributed by atoms with Gasteiger partial charge >= 0.3 is 0 Å². The van der Waals surface area contributed by atoms with Crippen LogP contribution >= 0.6 is 0 Å². The maximum absolute atomic E-state index is 4.47. The van der Waals surface area contributed by atoms with Crippen LogP contribution in [0.25, 0.3) is 0 Å². The van der Waals surface area contributed by atoms with Crippen LogP contribution in [-0.4, -0.2) is 5.71 Å². The Morgan fingerprint density at radius 1 is 1.17 bits per heavy atom. The molecule has 0 N–H and O–H groups in total. The largest absolute Gasteiger partial charge is 0.265 e. The van der Waals surface area contributed by atoms with E-state index >= 15 is 0 Å². The summed E-state index contributed by atoms with van der Waals surface area (Å²) < 4.78 is 0. The smallest absolute Gasteiger partial charge is 0.0273 e. The highest BCUT2D eigenvalue weighted by atomic mass is 14.8. The van der Waals surface area contributed by atoms with Gasteiger partial charge in [-0.05, 0) is 17.4 Å². The van der Waals surface area contributed by atoms with Crippen LogP contribution in [0, 0.1) is 17.8 Å². The van der Waals surface area contributed by atoms with Gasteiger partial charge in [0.05, 0.1) is 0 Å². The lowest BCUT2D eigenvalue weighted by Crippen LogP contribution is -2.17. The quantitative estimate of drug-likeness (QED) is 0.595. The first kappa shape index (κ1) is 9.50. The van der Waals surface area contributed by atoms with Gasteiger partial charge < -0.3 is 0 Å². The third-order valence-corrected chi connectivity index (χ3v) is 2.56. The Balaban J connectivity index is 2.72. The number of hydrogen-bond donors (Lipinski definition) is 0. The van der Waals surface area contributed by atoms with Crippen molar-refractivity contribution < 1.29 is 0 Å². The van der Waals surface area contributed by atoms with E-state index in [2.05, 4.69) is 45.8 Å². The van der Waals surface area contributed by atoms with Gasteiger partial charge in [0.25, 0.3) is 0 Å². The van der Waals surface area contributed by atoms with Crippen molar-refractivity contribution in [3.8, 4) is 0 Å². The summed E-state index contributed by atoms with van der Waals surface area (Å²) in [7, 11) is 0. The third kappa shape index (κ3) is 1.60. The summed E-state index contributed by atoms with van der Waals surface area (Å²) >= 11 is 0. The maximum atomic E-state index is 4.47. The molecular weight excluding hydrogens is 146 g/mol. The highest BCUT2D eigenvalue weighted by molar-refractivity contribution is 5.92. The Morgan fingerprint density at radius 2 is 1.75 bits per heavy atom. The highest BCUT2D eigenvalue weighted by Gasteiger charge is 2.23. The number of allylic oxidation sites excluding steroid dienone is 1. The Hall–Kier alpha value is -0.590. The molecule has 0 amide bonds. The first-order valence-electron chi connectivity index (χ1n) is 4.81. The first-order chi connectivity index (χ1) is 5.54. The molecule has 0 saturated carbocycles. The van der Waals surface area contributed by atoms with Crippen molar-refractivity contribution >= 4 is 5.71 Å². The van der Waals surface area contributed by atoms with Gasteiger partial charge in [0.1, 0.15) is 0 Å². The molecule has 0 bridgehead atoms.